The molecule has 0 heterocycles. The van der Waals surface area contributed by atoms with Crippen LogP contribution < -0.4 is 5.73 Å². The molecule has 0 aliphatic rings. The summed E-state index contributed by atoms with van der Waals surface area (Å²) >= 11 is 0. The van der Waals surface area contributed by atoms with Crippen LogP contribution in [0.4, 0.5) is 0 Å². The van der Waals surface area contributed by atoms with E-state index in [1.807, 2.05) is 7.05 Å². The first-order valence-electron chi connectivity index (χ1n) is 5.47. The van der Waals surface area contributed by atoms with Crippen molar-refractivity contribution in [3.8, 4) is 0 Å². The van der Waals surface area contributed by atoms with E-state index in [0.717, 1.165) is 13.0 Å². The zero-order chi connectivity index (χ0) is 11.9. The molecular formula is C11H26N2O2. The van der Waals surface area contributed by atoms with Gasteiger partial charge in [0.2, 0.25) is 0 Å². The van der Waals surface area contributed by atoms with E-state index < -0.39 is 6.10 Å². The fraction of sp³-hybridized carbons (Fsp3) is 1.00. The van der Waals surface area contributed by atoms with E-state index >= 15 is 0 Å². The molecule has 0 amide bonds. The number of hydrogen-bond acceptors (Lipinski definition) is 4. The SMILES string of the molecule is COCC(O)CN(C)CCC(C)(C)CN. The highest BCUT2D eigenvalue weighted by atomic mass is 16.5. The molecule has 1 unspecified atom stereocenters. The molecule has 0 radical (unpaired) electrons. The maximum Gasteiger partial charge on any atom is 0.0899 e. The van der Waals surface area contributed by atoms with Gasteiger partial charge in [-0.3, -0.25) is 0 Å². The van der Waals surface area contributed by atoms with Gasteiger partial charge in [-0.2, -0.15) is 0 Å². The summed E-state index contributed by atoms with van der Waals surface area (Å²) in [6.45, 7) is 7.00. The number of hydrogen-bond donors (Lipinski definition) is 2. The predicted octanol–water partition coefficient (Wildman–Crippen LogP) is 0.301. The zero-order valence-electron chi connectivity index (χ0n) is 10.5. The van der Waals surface area contributed by atoms with Crippen LogP contribution in [0, 0.1) is 5.41 Å². The van der Waals surface area contributed by atoms with E-state index in [-0.39, 0.29) is 5.41 Å². The van der Waals surface area contributed by atoms with Crippen molar-refractivity contribution in [3.63, 3.8) is 0 Å². The van der Waals surface area contributed by atoms with Crippen LogP contribution >= 0.6 is 0 Å². The second kappa shape index (κ2) is 7.17. The Balaban J connectivity index is 3.69. The first-order chi connectivity index (χ1) is 6.91. The highest BCUT2D eigenvalue weighted by Crippen LogP contribution is 2.18. The number of methoxy groups -OCH3 is 1. The van der Waals surface area contributed by atoms with Crippen molar-refractivity contribution in [3.05, 3.63) is 0 Å². The second-order valence-corrected chi connectivity index (χ2v) is 4.99. The summed E-state index contributed by atoms with van der Waals surface area (Å²) in [5.41, 5.74) is 5.83. The highest BCUT2D eigenvalue weighted by Gasteiger charge is 2.16. The molecule has 15 heavy (non-hydrogen) atoms. The van der Waals surface area contributed by atoms with Crippen molar-refractivity contribution in [2.24, 2.45) is 11.1 Å². The lowest BCUT2D eigenvalue weighted by Gasteiger charge is -2.27. The lowest BCUT2D eigenvalue weighted by Crippen LogP contribution is -2.35. The van der Waals surface area contributed by atoms with E-state index in [4.69, 9.17) is 10.5 Å². The summed E-state index contributed by atoms with van der Waals surface area (Å²) in [6, 6.07) is 0. The van der Waals surface area contributed by atoms with Crippen LogP contribution in [-0.2, 0) is 4.74 Å². The van der Waals surface area contributed by atoms with Gasteiger partial charge in [-0.1, -0.05) is 13.8 Å². The third-order valence-electron chi connectivity index (χ3n) is 2.60. The molecule has 0 aliphatic heterocycles. The monoisotopic (exact) mass is 218 g/mol. The molecule has 0 bridgehead atoms. The predicted molar refractivity (Wildman–Crippen MR) is 62.8 cm³/mol. The van der Waals surface area contributed by atoms with Crippen LogP contribution in [0.2, 0.25) is 0 Å². The van der Waals surface area contributed by atoms with E-state index in [0.29, 0.717) is 19.7 Å². The Morgan fingerprint density at radius 3 is 2.53 bits per heavy atom. The molecular weight excluding hydrogens is 192 g/mol. The minimum absolute atomic E-state index is 0.181. The number of nitrogens with zero attached hydrogens (tertiary/aromatic N) is 1. The average Bonchev–Trinajstić information content (AvgIpc) is 2.15. The van der Waals surface area contributed by atoms with Gasteiger partial charge in [0.25, 0.3) is 0 Å². The summed E-state index contributed by atoms with van der Waals surface area (Å²) in [5.74, 6) is 0. The van der Waals surface area contributed by atoms with E-state index in [2.05, 4.69) is 18.7 Å². The van der Waals surface area contributed by atoms with Gasteiger partial charge in [-0.25, -0.2) is 0 Å². The lowest BCUT2D eigenvalue weighted by atomic mass is 9.89. The zero-order valence-corrected chi connectivity index (χ0v) is 10.5. The standard InChI is InChI=1S/C11H26N2O2/c1-11(2,9-12)5-6-13(3)7-10(14)8-15-4/h10,14H,5-9,12H2,1-4H3. The van der Waals surface area contributed by atoms with E-state index in [1.54, 1.807) is 7.11 Å². The molecule has 0 rings (SSSR count). The van der Waals surface area contributed by atoms with Crippen molar-refractivity contribution >= 4 is 0 Å². The maximum atomic E-state index is 9.51. The summed E-state index contributed by atoms with van der Waals surface area (Å²) < 4.78 is 4.87. The van der Waals surface area contributed by atoms with Gasteiger partial charge >= 0.3 is 0 Å². The summed E-state index contributed by atoms with van der Waals surface area (Å²) in [5, 5.41) is 9.51. The van der Waals surface area contributed by atoms with Gasteiger partial charge in [-0.15, -0.1) is 0 Å². The minimum atomic E-state index is -0.402. The number of likely N-dealkylation sites (N-methyl/N-ethyl adjacent to an activating group) is 1. The Kier molecular flexibility index (Phi) is 7.09. The second-order valence-electron chi connectivity index (χ2n) is 4.99. The smallest absolute Gasteiger partial charge is 0.0899 e. The molecule has 0 saturated carbocycles. The third-order valence-corrected chi connectivity index (χ3v) is 2.60. The van der Waals surface area contributed by atoms with Crippen molar-refractivity contribution < 1.29 is 9.84 Å². The molecule has 4 heteroatoms. The Bertz CT molecular complexity index is 163. The largest absolute Gasteiger partial charge is 0.389 e. The van der Waals surface area contributed by atoms with Crippen molar-refractivity contribution in [1.29, 1.82) is 0 Å². The Morgan fingerprint density at radius 1 is 1.47 bits per heavy atom. The molecule has 0 saturated heterocycles. The molecule has 92 valence electrons. The minimum Gasteiger partial charge on any atom is -0.389 e. The summed E-state index contributed by atoms with van der Waals surface area (Å²) in [6.07, 6.45) is 0.640. The van der Waals surface area contributed by atoms with Crippen LogP contribution in [-0.4, -0.2) is 56.5 Å². The van der Waals surface area contributed by atoms with E-state index in [1.165, 1.54) is 0 Å². The number of nitrogens with two attached hydrogens (primary N) is 1. The maximum absolute atomic E-state index is 9.51. The van der Waals surface area contributed by atoms with Gasteiger partial charge in [0.05, 0.1) is 12.7 Å². The highest BCUT2D eigenvalue weighted by molar-refractivity contribution is 4.71. The fourth-order valence-corrected chi connectivity index (χ4v) is 1.29. The molecule has 0 spiro atoms. The molecule has 0 aromatic rings. The molecule has 0 aliphatic carbocycles. The van der Waals surface area contributed by atoms with Crippen molar-refractivity contribution in [2.45, 2.75) is 26.4 Å². The first-order valence-corrected chi connectivity index (χ1v) is 5.47. The fourth-order valence-electron chi connectivity index (χ4n) is 1.29. The Morgan fingerprint density at radius 2 is 2.07 bits per heavy atom. The van der Waals surface area contributed by atoms with Gasteiger partial charge in [0, 0.05) is 13.7 Å². The van der Waals surface area contributed by atoms with Gasteiger partial charge in [0.15, 0.2) is 0 Å². The normalized spacial score (nSPS) is 14.6. The number of ether oxygens (including phenoxy) is 1. The Hall–Kier alpha value is -0.160. The third kappa shape index (κ3) is 7.73. The van der Waals surface area contributed by atoms with Gasteiger partial charge in [-0.05, 0) is 32.0 Å². The summed E-state index contributed by atoms with van der Waals surface area (Å²) in [4.78, 5) is 2.11. The molecule has 1 atom stereocenters. The average molecular weight is 218 g/mol. The quantitative estimate of drug-likeness (QED) is 0.615. The molecule has 4 nitrogen and oxygen atoms in total. The Labute approximate surface area is 93.4 Å². The number of rotatable bonds is 8. The topological polar surface area (TPSA) is 58.7 Å². The first kappa shape index (κ1) is 14.8. The van der Waals surface area contributed by atoms with Gasteiger partial charge in [0.1, 0.15) is 0 Å². The molecule has 0 fully saturated rings. The lowest BCUT2D eigenvalue weighted by molar-refractivity contribution is 0.0413. The summed E-state index contributed by atoms with van der Waals surface area (Å²) in [7, 11) is 3.60. The number of aliphatic hydroxyl groups is 1. The molecule has 0 aromatic carbocycles. The van der Waals surface area contributed by atoms with E-state index in [9.17, 15) is 5.11 Å². The van der Waals surface area contributed by atoms with Crippen LogP contribution in [0.3, 0.4) is 0 Å². The van der Waals surface area contributed by atoms with Crippen LogP contribution in [0.15, 0.2) is 0 Å². The van der Waals surface area contributed by atoms with Gasteiger partial charge < -0.3 is 20.5 Å². The number of aliphatic hydroxyl groups excluding tert-OH is 1. The van der Waals surface area contributed by atoms with Crippen molar-refractivity contribution in [1.82, 2.24) is 4.90 Å². The molecule has 0 aromatic heterocycles. The van der Waals surface area contributed by atoms with Crippen LogP contribution in [0.5, 0.6) is 0 Å². The van der Waals surface area contributed by atoms with Crippen LogP contribution in [0.25, 0.3) is 0 Å². The molecule has 3 N–H and O–H groups in total. The van der Waals surface area contributed by atoms with Crippen molar-refractivity contribution in [2.75, 3.05) is 40.4 Å². The van der Waals surface area contributed by atoms with Crippen LogP contribution in [0.1, 0.15) is 20.3 Å².